The fraction of sp³-hybridized carbons (Fsp3) is 0.476. The molecular formula is C21H23N3O5. The number of hydrogen-bond donors (Lipinski definition) is 0. The minimum atomic E-state index is -1.01. The zero-order valence-electron chi connectivity index (χ0n) is 16.1. The van der Waals surface area contributed by atoms with Gasteiger partial charge in [0.2, 0.25) is 5.88 Å². The molecule has 2 aromatic rings. The molecule has 0 N–H and O–H groups in total. The van der Waals surface area contributed by atoms with Gasteiger partial charge in [0.25, 0.3) is 0 Å². The summed E-state index contributed by atoms with van der Waals surface area (Å²) in [6, 6.07) is 9.77. The number of ether oxygens (including phenoxy) is 3. The third-order valence-electron chi connectivity index (χ3n) is 5.95. The number of nitrogens with zero attached hydrogens (tertiary/aromatic N) is 3. The van der Waals surface area contributed by atoms with E-state index in [9.17, 15) is 9.59 Å². The molecule has 2 bridgehead atoms. The second-order valence-corrected chi connectivity index (χ2v) is 7.63. The molecule has 2 aliphatic heterocycles. The third kappa shape index (κ3) is 3.42. The van der Waals surface area contributed by atoms with E-state index in [2.05, 4.69) is 10.00 Å². The number of aromatic nitrogens is 2. The summed E-state index contributed by atoms with van der Waals surface area (Å²) in [6.07, 6.45) is 1.84. The van der Waals surface area contributed by atoms with Crippen LogP contribution in [0, 0.1) is 0 Å². The Morgan fingerprint density at radius 1 is 1.07 bits per heavy atom. The smallest absolute Gasteiger partial charge is 0.424 e. The minimum absolute atomic E-state index is 0.0499. The number of para-hydroxylation sites is 1. The lowest BCUT2D eigenvalue weighted by Gasteiger charge is -2.35. The molecule has 3 aliphatic rings. The molecule has 1 aliphatic carbocycles. The number of esters is 2. The quantitative estimate of drug-likeness (QED) is 0.570. The van der Waals surface area contributed by atoms with Crippen LogP contribution in [0.2, 0.25) is 0 Å². The van der Waals surface area contributed by atoms with Crippen molar-refractivity contribution >= 4 is 11.9 Å². The molecule has 29 heavy (non-hydrogen) atoms. The Bertz CT molecular complexity index is 920. The van der Waals surface area contributed by atoms with Crippen LogP contribution in [-0.4, -0.2) is 65.6 Å². The van der Waals surface area contributed by atoms with Crippen LogP contribution < -0.4 is 4.74 Å². The van der Waals surface area contributed by atoms with Crippen molar-refractivity contribution < 1.29 is 23.8 Å². The van der Waals surface area contributed by atoms with Gasteiger partial charge in [-0.15, -0.1) is 5.10 Å². The van der Waals surface area contributed by atoms with Gasteiger partial charge in [-0.3, -0.25) is 4.90 Å². The average Bonchev–Trinajstić information content (AvgIpc) is 3.11. The summed E-state index contributed by atoms with van der Waals surface area (Å²) in [4.78, 5) is 26.6. The molecule has 1 aromatic heterocycles. The van der Waals surface area contributed by atoms with E-state index in [0.717, 1.165) is 56.2 Å². The molecule has 3 heterocycles. The Balaban J connectivity index is 1.53. The van der Waals surface area contributed by atoms with Crippen molar-refractivity contribution in [3.63, 3.8) is 0 Å². The molecule has 1 saturated heterocycles. The number of rotatable bonds is 4. The van der Waals surface area contributed by atoms with E-state index in [-0.39, 0.29) is 17.9 Å². The normalized spacial score (nSPS) is 24.4. The maximum absolute atomic E-state index is 12.1. The minimum Gasteiger partial charge on any atom is -0.453 e. The second-order valence-electron chi connectivity index (χ2n) is 7.63. The van der Waals surface area contributed by atoms with Crippen molar-refractivity contribution in [2.45, 2.75) is 31.3 Å². The SMILES string of the molecule is O=C1Oc2nn(-c3ccccc3)c3c2C(CCN2CCOCC2)C(CC3)OC1=O. The van der Waals surface area contributed by atoms with Gasteiger partial charge < -0.3 is 14.2 Å². The van der Waals surface area contributed by atoms with Gasteiger partial charge >= 0.3 is 11.9 Å². The van der Waals surface area contributed by atoms with Crippen LogP contribution in [-0.2, 0) is 25.5 Å². The Morgan fingerprint density at radius 2 is 1.86 bits per heavy atom. The summed E-state index contributed by atoms with van der Waals surface area (Å²) in [5.41, 5.74) is 2.84. The van der Waals surface area contributed by atoms with Crippen LogP contribution >= 0.6 is 0 Å². The number of hydrogen-bond acceptors (Lipinski definition) is 7. The van der Waals surface area contributed by atoms with E-state index in [4.69, 9.17) is 14.2 Å². The van der Waals surface area contributed by atoms with Crippen molar-refractivity contribution in [1.82, 2.24) is 14.7 Å². The predicted molar refractivity (Wildman–Crippen MR) is 102 cm³/mol. The fourth-order valence-corrected chi connectivity index (χ4v) is 4.51. The first-order valence-corrected chi connectivity index (χ1v) is 10.1. The molecule has 152 valence electrons. The Kier molecular flexibility index (Phi) is 4.81. The van der Waals surface area contributed by atoms with E-state index < -0.39 is 11.9 Å². The standard InChI is InChI=1S/C21H23N3O5/c25-20-21(26)29-19-18-15(8-9-23-10-12-27-13-11-23)17(28-20)7-6-16(18)24(22-19)14-4-2-1-3-5-14/h1-5,15,17H,6-13H2. The van der Waals surface area contributed by atoms with Gasteiger partial charge in [-0.2, -0.15) is 0 Å². The van der Waals surface area contributed by atoms with Gasteiger partial charge in [-0.05, 0) is 37.9 Å². The van der Waals surface area contributed by atoms with Gasteiger partial charge in [-0.1, -0.05) is 18.2 Å². The monoisotopic (exact) mass is 397 g/mol. The summed E-state index contributed by atoms with van der Waals surface area (Å²) in [6.45, 7) is 4.14. The molecular weight excluding hydrogens is 374 g/mol. The number of benzene rings is 1. The van der Waals surface area contributed by atoms with Gasteiger partial charge in [0.15, 0.2) is 0 Å². The highest BCUT2D eigenvalue weighted by Gasteiger charge is 2.42. The first-order valence-electron chi connectivity index (χ1n) is 10.1. The van der Waals surface area contributed by atoms with E-state index >= 15 is 0 Å². The van der Waals surface area contributed by atoms with Crippen molar-refractivity contribution in [3.05, 3.63) is 41.6 Å². The number of carbonyl (C=O) groups is 2. The Morgan fingerprint density at radius 3 is 2.66 bits per heavy atom. The number of carbonyl (C=O) groups excluding carboxylic acids is 2. The number of morpholine rings is 1. The lowest BCUT2D eigenvalue weighted by molar-refractivity contribution is -0.168. The van der Waals surface area contributed by atoms with Crippen molar-refractivity contribution in [3.8, 4) is 11.6 Å². The Hall–Kier alpha value is -2.71. The molecule has 0 radical (unpaired) electrons. The molecule has 1 fully saturated rings. The second kappa shape index (κ2) is 7.61. The maximum atomic E-state index is 12.1. The van der Waals surface area contributed by atoms with Gasteiger partial charge in [-0.25, -0.2) is 14.3 Å². The zero-order valence-corrected chi connectivity index (χ0v) is 16.1. The molecule has 8 nitrogen and oxygen atoms in total. The maximum Gasteiger partial charge on any atom is 0.424 e. The molecule has 8 heteroatoms. The van der Waals surface area contributed by atoms with E-state index in [1.807, 2.05) is 35.0 Å². The first-order chi connectivity index (χ1) is 14.2. The highest BCUT2D eigenvalue weighted by atomic mass is 16.6. The van der Waals surface area contributed by atoms with Crippen LogP contribution in [0.3, 0.4) is 0 Å². The summed E-state index contributed by atoms with van der Waals surface area (Å²) in [7, 11) is 0. The van der Waals surface area contributed by atoms with Gasteiger partial charge in [0.05, 0.1) is 24.6 Å². The summed E-state index contributed by atoms with van der Waals surface area (Å²) in [5, 5.41) is 4.58. The average molecular weight is 397 g/mol. The fourth-order valence-electron chi connectivity index (χ4n) is 4.51. The van der Waals surface area contributed by atoms with E-state index in [0.29, 0.717) is 12.8 Å². The van der Waals surface area contributed by atoms with Gasteiger partial charge in [0, 0.05) is 24.6 Å². The van der Waals surface area contributed by atoms with Crippen LogP contribution in [0.4, 0.5) is 0 Å². The Labute approximate surface area is 168 Å². The lowest BCUT2D eigenvalue weighted by Crippen LogP contribution is -2.40. The van der Waals surface area contributed by atoms with Crippen LogP contribution in [0.25, 0.3) is 5.69 Å². The van der Waals surface area contributed by atoms with E-state index in [1.54, 1.807) is 0 Å². The van der Waals surface area contributed by atoms with E-state index in [1.165, 1.54) is 0 Å². The summed E-state index contributed by atoms with van der Waals surface area (Å²) in [5.74, 6) is -1.75. The molecule has 2 atom stereocenters. The largest absolute Gasteiger partial charge is 0.453 e. The highest BCUT2D eigenvalue weighted by Crippen LogP contribution is 2.43. The zero-order chi connectivity index (χ0) is 19.8. The van der Waals surface area contributed by atoms with Crippen LogP contribution in [0.1, 0.15) is 30.0 Å². The molecule has 0 amide bonds. The molecule has 0 saturated carbocycles. The van der Waals surface area contributed by atoms with Gasteiger partial charge in [0.1, 0.15) is 6.10 Å². The molecule has 1 aromatic carbocycles. The van der Waals surface area contributed by atoms with Crippen LogP contribution in [0.5, 0.6) is 5.88 Å². The van der Waals surface area contributed by atoms with Crippen molar-refractivity contribution in [2.24, 2.45) is 0 Å². The molecule has 0 spiro atoms. The lowest BCUT2D eigenvalue weighted by atomic mass is 9.81. The van der Waals surface area contributed by atoms with Crippen molar-refractivity contribution in [2.75, 3.05) is 32.8 Å². The van der Waals surface area contributed by atoms with Crippen molar-refractivity contribution in [1.29, 1.82) is 0 Å². The van der Waals surface area contributed by atoms with Crippen LogP contribution in [0.15, 0.2) is 30.3 Å². The molecule has 2 unspecified atom stereocenters. The summed E-state index contributed by atoms with van der Waals surface area (Å²) >= 11 is 0. The topological polar surface area (TPSA) is 82.9 Å². The first kappa shape index (κ1) is 18.3. The number of fused-ring (bicyclic) bond motifs is 1. The third-order valence-corrected chi connectivity index (χ3v) is 5.95. The highest BCUT2D eigenvalue weighted by molar-refractivity contribution is 6.30. The molecule has 5 rings (SSSR count). The predicted octanol–water partition coefficient (Wildman–Crippen LogP) is 1.46. The summed E-state index contributed by atoms with van der Waals surface area (Å²) < 4.78 is 18.2.